The second-order valence-electron chi connectivity index (χ2n) is 10.3. The summed E-state index contributed by atoms with van der Waals surface area (Å²) in [5.74, 6) is -1.08. The number of nitrogens with zero attached hydrogens (tertiary/aromatic N) is 2. The van der Waals surface area contributed by atoms with Crippen LogP contribution in [0.25, 0.3) is 11.3 Å². The minimum absolute atomic E-state index is 0.141. The smallest absolute Gasteiger partial charge is 0.110 e. The molecular weight excluding hydrogens is 526 g/mol. The third kappa shape index (κ3) is 9.44. The number of anilines is 2. The maximum absolute atomic E-state index is 9.51. The maximum atomic E-state index is 9.51. The summed E-state index contributed by atoms with van der Waals surface area (Å²) < 4.78 is 0. The zero-order chi connectivity index (χ0) is 31.2. The Balaban J connectivity index is 0.00000144. The highest BCUT2D eigenvalue weighted by Gasteiger charge is 2.14. The van der Waals surface area contributed by atoms with Gasteiger partial charge in [0.25, 0.3) is 0 Å². The van der Waals surface area contributed by atoms with Gasteiger partial charge in [0.15, 0.2) is 0 Å². The molecule has 3 aromatic rings. The van der Waals surface area contributed by atoms with Crippen LogP contribution in [-0.2, 0) is 4.79 Å². The fraction of sp³-hybridized carbons (Fsp3) is 0.400. The number of quaternary nitrogens is 1. The molecule has 0 spiro atoms. The SMILES string of the molecule is CC(=O)[O-].CCN(CC)c1ccc(/C(c2ccc(N(CC)CCO)cc2C)=c2/cc/c(=C(\C)[NH2+]CCO)cc2C)cc1. The van der Waals surface area contributed by atoms with Gasteiger partial charge in [0, 0.05) is 55.7 Å². The number of aliphatic hydroxyl groups is 2. The van der Waals surface area contributed by atoms with Gasteiger partial charge in [-0.1, -0.05) is 24.3 Å². The van der Waals surface area contributed by atoms with Crippen molar-refractivity contribution in [3.63, 3.8) is 0 Å². The second-order valence-corrected chi connectivity index (χ2v) is 10.3. The van der Waals surface area contributed by atoms with Gasteiger partial charge in [-0.15, -0.1) is 0 Å². The number of rotatable bonds is 12. The number of nitrogens with two attached hydrogens (primary N) is 1. The zero-order valence-corrected chi connectivity index (χ0v) is 26.4. The van der Waals surface area contributed by atoms with Crippen LogP contribution in [0.3, 0.4) is 0 Å². The summed E-state index contributed by atoms with van der Waals surface area (Å²) in [6, 6.07) is 22.3. The Morgan fingerprint density at radius 1 is 0.786 bits per heavy atom. The van der Waals surface area contributed by atoms with Crippen molar-refractivity contribution in [2.75, 3.05) is 55.7 Å². The van der Waals surface area contributed by atoms with Crippen molar-refractivity contribution in [3.05, 3.63) is 93.4 Å². The summed E-state index contributed by atoms with van der Waals surface area (Å²) in [6.07, 6.45) is 0. The molecule has 0 aliphatic carbocycles. The van der Waals surface area contributed by atoms with E-state index in [2.05, 4.69) is 117 Å². The number of likely N-dealkylation sites (N-methyl/N-ethyl adjacent to an activating group) is 1. The van der Waals surface area contributed by atoms with Gasteiger partial charge >= 0.3 is 0 Å². The van der Waals surface area contributed by atoms with Gasteiger partial charge in [-0.2, -0.15) is 0 Å². The molecule has 0 fully saturated rings. The van der Waals surface area contributed by atoms with Crippen molar-refractivity contribution in [1.29, 1.82) is 0 Å². The number of aliphatic hydroxyl groups excluding tert-OH is 2. The Morgan fingerprint density at radius 3 is 1.88 bits per heavy atom. The summed E-state index contributed by atoms with van der Waals surface area (Å²) in [4.78, 5) is 13.5. The van der Waals surface area contributed by atoms with Crippen molar-refractivity contribution in [1.82, 2.24) is 0 Å². The van der Waals surface area contributed by atoms with Gasteiger partial charge in [-0.3, -0.25) is 0 Å². The van der Waals surface area contributed by atoms with Crippen molar-refractivity contribution in [2.24, 2.45) is 0 Å². The largest absolute Gasteiger partial charge is 0.550 e. The fourth-order valence-corrected chi connectivity index (χ4v) is 5.19. The standard InChI is InChI=1S/C33H45N3O2.C2H4O2/c1-7-35(8-2)29-13-10-27(11-14-29)33(31-16-12-28(22-24(31)4)26(6)34-18-20-37)32-17-15-30(23-25(32)5)36(9-3)19-21-38;1-2(3)4/h10-17,22-23,34,37-38H,7-9,18-21H2,1-6H3;1H3,(H,3,4)/b28-26-,33-31+;. The van der Waals surface area contributed by atoms with Gasteiger partial charge in [0.05, 0.1) is 13.2 Å². The molecule has 0 aliphatic heterocycles. The third-order valence-electron chi connectivity index (χ3n) is 7.41. The van der Waals surface area contributed by atoms with E-state index < -0.39 is 5.97 Å². The summed E-state index contributed by atoms with van der Waals surface area (Å²) in [5, 5.41) is 32.1. The van der Waals surface area contributed by atoms with Crippen molar-refractivity contribution in [2.45, 2.75) is 48.5 Å². The van der Waals surface area contributed by atoms with Crippen LogP contribution < -0.4 is 30.7 Å². The molecule has 0 saturated carbocycles. The minimum Gasteiger partial charge on any atom is -0.550 e. The van der Waals surface area contributed by atoms with Crippen molar-refractivity contribution < 1.29 is 25.4 Å². The number of aliphatic carboxylic acids is 1. The highest BCUT2D eigenvalue weighted by molar-refractivity contribution is 5.83. The van der Waals surface area contributed by atoms with Crippen LogP contribution in [0.4, 0.5) is 11.4 Å². The normalized spacial score (nSPS) is 12.2. The molecule has 0 atom stereocenters. The lowest BCUT2D eigenvalue weighted by molar-refractivity contribution is -0.568. The molecule has 7 nitrogen and oxygen atoms in total. The summed E-state index contributed by atoms with van der Waals surface area (Å²) >= 11 is 0. The lowest BCUT2D eigenvalue weighted by atomic mass is 9.90. The van der Waals surface area contributed by atoms with Crippen LogP contribution in [0.1, 0.15) is 56.9 Å². The van der Waals surface area contributed by atoms with Crippen LogP contribution in [-0.4, -0.2) is 62.1 Å². The number of aryl methyl sites for hydroxylation is 2. The molecule has 3 rings (SSSR count). The first-order valence-corrected chi connectivity index (χ1v) is 14.9. The lowest BCUT2D eigenvalue weighted by Gasteiger charge is -2.24. The number of carbonyl (C=O) groups excluding carboxylic acids is 1. The number of carboxylic acid groups (broad SMARTS) is 1. The summed E-state index contributed by atoms with van der Waals surface area (Å²) in [5.41, 5.74) is 9.63. The molecule has 0 amide bonds. The van der Waals surface area contributed by atoms with E-state index in [1.165, 1.54) is 49.6 Å². The van der Waals surface area contributed by atoms with E-state index in [1.807, 2.05) is 0 Å². The molecule has 0 aliphatic rings. The average molecular weight is 576 g/mol. The van der Waals surface area contributed by atoms with E-state index in [0.29, 0.717) is 13.1 Å². The van der Waals surface area contributed by atoms with Crippen LogP contribution in [0.15, 0.2) is 60.7 Å². The van der Waals surface area contributed by atoms with E-state index >= 15 is 0 Å². The fourth-order valence-electron chi connectivity index (χ4n) is 5.19. The summed E-state index contributed by atoms with van der Waals surface area (Å²) in [6.45, 7) is 18.4. The minimum atomic E-state index is -1.08. The highest BCUT2D eigenvalue weighted by atomic mass is 16.4. The number of hydrogen-bond acceptors (Lipinski definition) is 6. The van der Waals surface area contributed by atoms with Crippen LogP contribution in [0.5, 0.6) is 0 Å². The Morgan fingerprint density at radius 2 is 1.38 bits per heavy atom. The lowest BCUT2D eigenvalue weighted by Crippen LogP contribution is -2.82. The summed E-state index contributed by atoms with van der Waals surface area (Å²) in [7, 11) is 0. The molecule has 7 heteroatoms. The maximum Gasteiger partial charge on any atom is 0.110 e. The third-order valence-corrected chi connectivity index (χ3v) is 7.41. The van der Waals surface area contributed by atoms with Gasteiger partial charge in [0.1, 0.15) is 12.2 Å². The van der Waals surface area contributed by atoms with Crippen LogP contribution in [0, 0.1) is 13.8 Å². The van der Waals surface area contributed by atoms with E-state index in [0.717, 1.165) is 32.2 Å². The van der Waals surface area contributed by atoms with Gasteiger partial charge < -0.3 is 35.2 Å². The van der Waals surface area contributed by atoms with Gasteiger partial charge in [-0.05, 0) is 111 Å². The van der Waals surface area contributed by atoms with Gasteiger partial charge in [0.2, 0.25) is 0 Å². The van der Waals surface area contributed by atoms with Crippen molar-refractivity contribution >= 4 is 28.6 Å². The Hall–Kier alpha value is -3.65. The first kappa shape index (κ1) is 34.6. The van der Waals surface area contributed by atoms with Crippen LogP contribution in [0.2, 0.25) is 0 Å². The van der Waals surface area contributed by atoms with E-state index in [9.17, 15) is 10.2 Å². The van der Waals surface area contributed by atoms with Crippen molar-refractivity contribution in [3.8, 4) is 0 Å². The average Bonchev–Trinajstić information content (AvgIpc) is 2.97. The Bertz CT molecular complexity index is 1410. The Labute approximate surface area is 251 Å². The number of benzene rings is 3. The molecule has 0 saturated heterocycles. The first-order chi connectivity index (χ1) is 20.1. The molecule has 3 aromatic carbocycles. The van der Waals surface area contributed by atoms with Crippen LogP contribution >= 0.6 is 0 Å². The van der Waals surface area contributed by atoms with E-state index in [1.54, 1.807) is 0 Å². The van der Waals surface area contributed by atoms with Gasteiger partial charge in [-0.25, -0.2) is 0 Å². The predicted molar refractivity (Wildman–Crippen MR) is 172 cm³/mol. The molecule has 0 radical (unpaired) electrons. The zero-order valence-electron chi connectivity index (χ0n) is 26.4. The topological polar surface area (TPSA) is 104 Å². The molecule has 0 bridgehead atoms. The molecule has 0 heterocycles. The molecule has 0 unspecified atom stereocenters. The molecular formula is C35H49N3O4. The first-order valence-electron chi connectivity index (χ1n) is 14.9. The monoisotopic (exact) mass is 575 g/mol. The van der Waals surface area contributed by atoms with E-state index in [-0.39, 0.29) is 13.2 Å². The Kier molecular flexibility index (Phi) is 14.3. The predicted octanol–water partition coefficient (Wildman–Crippen LogP) is 1.66. The number of carboxylic acids is 1. The second kappa shape index (κ2) is 17.3. The molecule has 4 N–H and O–H groups in total. The number of hydrogen-bond donors (Lipinski definition) is 3. The quantitative estimate of drug-likeness (QED) is 0.304. The number of carbonyl (C=O) groups is 1. The highest BCUT2D eigenvalue weighted by Crippen LogP contribution is 2.29. The molecule has 42 heavy (non-hydrogen) atoms. The molecule has 228 valence electrons. The van der Waals surface area contributed by atoms with E-state index in [4.69, 9.17) is 9.90 Å². The molecule has 0 aromatic heterocycles.